The predicted octanol–water partition coefficient (Wildman–Crippen LogP) is 2.46. The normalized spacial score (nSPS) is 24.4. The fourth-order valence-electron chi connectivity index (χ4n) is 3.33. The minimum atomic E-state index is -0.787. The Morgan fingerprint density at radius 3 is 2.55 bits per heavy atom. The lowest BCUT2D eigenvalue weighted by Crippen LogP contribution is -2.47. The summed E-state index contributed by atoms with van der Waals surface area (Å²) in [7, 11) is 0. The van der Waals surface area contributed by atoms with E-state index >= 15 is 0 Å². The van der Waals surface area contributed by atoms with Crippen LogP contribution in [0.2, 0.25) is 0 Å². The molecule has 5 heteroatoms. The molecule has 2 amide bonds. The lowest BCUT2D eigenvalue weighted by Gasteiger charge is -2.31. The van der Waals surface area contributed by atoms with Crippen molar-refractivity contribution < 1.29 is 14.7 Å². The summed E-state index contributed by atoms with van der Waals surface area (Å²) in [5.41, 5.74) is 0. The van der Waals surface area contributed by atoms with Crippen LogP contribution in [0.4, 0.5) is 4.79 Å². The zero-order valence-electron chi connectivity index (χ0n) is 12.1. The zero-order valence-corrected chi connectivity index (χ0v) is 12.1. The molecule has 0 spiro atoms. The van der Waals surface area contributed by atoms with Crippen molar-refractivity contribution >= 4 is 12.0 Å². The number of piperidine rings is 1. The summed E-state index contributed by atoms with van der Waals surface area (Å²) < 4.78 is 0. The minimum absolute atomic E-state index is 0.0910. The van der Waals surface area contributed by atoms with Gasteiger partial charge in [-0.3, -0.25) is 4.79 Å². The summed E-state index contributed by atoms with van der Waals surface area (Å²) in [6.07, 6.45) is 9.11. The Kier molecular flexibility index (Phi) is 5.68. The highest BCUT2D eigenvalue weighted by molar-refractivity contribution is 5.76. The molecule has 1 heterocycles. The third-order valence-corrected chi connectivity index (χ3v) is 4.61. The number of carboxylic acid groups (broad SMARTS) is 1. The molecule has 0 bridgehead atoms. The molecule has 2 aliphatic rings. The van der Waals surface area contributed by atoms with Gasteiger partial charge in [-0.15, -0.1) is 0 Å². The molecule has 2 rings (SSSR count). The first-order chi connectivity index (χ1) is 9.66. The number of rotatable bonds is 4. The van der Waals surface area contributed by atoms with Crippen molar-refractivity contribution in [3.05, 3.63) is 0 Å². The molecule has 114 valence electrons. The van der Waals surface area contributed by atoms with E-state index in [0.29, 0.717) is 19.5 Å². The van der Waals surface area contributed by atoms with Crippen molar-refractivity contribution in [2.24, 2.45) is 11.8 Å². The fraction of sp³-hybridized carbons (Fsp3) is 0.867. The Morgan fingerprint density at radius 1 is 1.10 bits per heavy atom. The molecule has 2 fully saturated rings. The molecule has 0 aromatic rings. The molecule has 1 saturated carbocycles. The standard InChI is InChI=1S/C15H26N2O3/c18-14(19)13-7-4-10-17(11-13)15(20)16-9-8-12-5-2-1-3-6-12/h12-13H,1-11H2,(H,16,20)(H,18,19). The number of carbonyl (C=O) groups excluding carboxylic acids is 1. The van der Waals surface area contributed by atoms with Gasteiger partial charge < -0.3 is 15.3 Å². The van der Waals surface area contributed by atoms with Crippen LogP contribution in [0.1, 0.15) is 51.4 Å². The van der Waals surface area contributed by atoms with Gasteiger partial charge in [-0.2, -0.15) is 0 Å². The van der Waals surface area contributed by atoms with Crippen LogP contribution in [-0.2, 0) is 4.79 Å². The molecule has 0 aromatic heterocycles. The molecule has 1 atom stereocenters. The van der Waals surface area contributed by atoms with Gasteiger partial charge in [0.05, 0.1) is 5.92 Å². The number of aliphatic carboxylic acids is 1. The van der Waals surface area contributed by atoms with Crippen LogP contribution in [0.5, 0.6) is 0 Å². The lowest BCUT2D eigenvalue weighted by molar-refractivity contribution is -0.143. The van der Waals surface area contributed by atoms with E-state index in [0.717, 1.165) is 25.3 Å². The molecule has 1 aliphatic heterocycles. The highest BCUT2D eigenvalue weighted by atomic mass is 16.4. The van der Waals surface area contributed by atoms with Gasteiger partial charge in [0.15, 0.2) is 0 Å². The van der Waals surface area contributed by atoms with Crippen LogP contribution < -0.4 is 5.32 Å². The van der Waals surface area contributed by atoms with E-state index < -0.39 is 11.9 Å². The molecule has 1 aliphatic carbocycles. The van der Waals surface area contributed by atoms with E-state index in [1.54, 1.807) is 4.90 Å². The summed E-state index contributed by atoms with van der Waals surface area (Å²) in [6.45, 7) is 1.75. The summed E-state index contributed by atoms with van der Waals surface area (Å²) >= 11 is 0. The lowest BCUT2D eigenvalue weighted by atomic mass is 9.87. The Labute approximate surface area is 120 Å². The summed E-state index contributed by atoms with van der Waals surface area (Å²) in [6, 6.07) is -0.0910. The van der Waals surface area contributed by atoms with Crippen molar-refractivity contribution in [1.29, 1.82) is 0 Å². The number of nitrogens with zero attached hydrogens (tertiary/aromatic N) is 1. The average molecular weight is 282 g/mol. The van der Waals surface area contributed by atoms with Gasteiger partial charge in [0.25, 0.3) is 0 Å². The summed E-state index contributed by atoms with van der Waals surface area (Å²) in [4.78, 5) is 24.7. The molecule has 20 heavy (non-hydrogen) atoms. The highest BCUT2D eigenvalue weighted by Gasteiger charge is 2.28. The first-order valence-electron chi connectivity index (χ1n) is 7.92. The SMILES string of the molecule is O=C(O)C1CCCN(C(=O)NCCC2CCCCC2)C1. The second-order valence-electron chi connectivity index (χ2n) is 6.15. The van der Waals surface area contributed by atoms with E-state index in [9.17, 15) is 9.59 Å². The number of nitrogens with one attached hydrogen (secondary N) is 1. The van der Waals surface area contributed by atoms with Crippen molar-refractivity contribution in [1.82, 2.24) is 10.2 Å². The van der Waals surface area contributed by atoms with Gasteiger partial charge in [0.2, 0.25) is 0 Å². The predicted molar refractivity (Wildman–Crippen MR) is 76.5 cm³/mol. The van der Waals surface area contributed by atoms with Crippen molar-refractivity contribution in [3.8, 4) is 0 Å². The third kappa shape index (κ3) is 4.39. The average Bonchev–Trinajstić information content (AvgIpc) is 2.48. The summed E-state index contributed by atoms with van der Waals surface area (Å²) in [5, 5.41) is 12.0. The second kappa shape index (κ2) is 7.50. The molecule has 2 N–H and O–H groups in total. The number of amides is 2. The number of carboxylic acids is 1. The Morgan fingerprint density at radius 2 is 1.85 bits per heavy atom. The van der Waals surface area contributed by atoms with Gasteiger partial charge in [0.1, 0.15) is 0 Å². The van der Waals surface area contributed by atoms with Crippen LogP contribution in [0.3, 0.4) is 0 Å². The maximum absolute atomic E-state index is 12.0. The second-order valence-corrected chi connectivity index (χ2v) is 6.15. The molecule has 0 radical (unpaired) electrons. The van der Waals surface area contributed by atoms with E-state index in [-0.39, 0.29) is 6.03 Å². The van der Waals surface area contributed by atoms with Crippen LogP contribution in [0.25, 0.3) is 0 Å². The van der Waals surface area contributed by atoms with E-state index in [2.05, 4.69) is 5.32 Å². The van der Waals surface area contributed by atoms with Crippen molar-refractivity contribution in [2.45, 2.75) is 51.4 Å². The zero-order chi connectivity index (χ0) is 14.4. The van der Waals surface area contributed by atoms with Crippen molar-refractivity contribution in [2.75, 3.05) is 19.6 Å². The number of hydrogen-bond acceptors (Lipinski definition) is 2. The fourth-order valence-corrected chi connectivity index (χ4v) is 3.33. The van der Waals surface area contributed by atoms with E-state index in [1.807, 2.05) is 0 Å². The molecular formula is C15H26N2O3. The number of carbonyl (C=O) groups is 2. The monoisotopic (exact) mass is 282 g/mol. The van der Waals surface area contributed by atoms with Crippen LogP contribution >= 0.6 is 0 Å². The molecular weight excluding hydrogens is 256 g/mol. The van der Waals surface area contributed by atoms with Gasteiger partial charge >= 0.3 is 12.0 Å². The van der Waals surface area contributed by atoms with E-state index in [4.69, 9.17) is 5.11 Å². The first kappa shape index (κ1) is 15.1. The first-order valence-corrected chi connectivity index (χ1v) is 7.92. The number of hydrogen-bond donors (Lipinski definition) is 2. The molecule has 1 saturated heterocycles. The Bertz CT molecular complexity index is 340. The third-order valence-electron chi connectivity index (χ3n) is 4.61. The summed E-state index contributed by atoms with van der Waals surface area (Å²) in [5.74, 6) is -0.422. The largest absolute Gasteiger partial charge is 0.481 e. The van der Waals surface area contributed by atoms with Gasteiger partial charge in [-0.25, -0.2) is 4.79 Å². The smallest absolute Gasteiger partial charge is 0.317 e. The van der Waals surface area contributed by atoms with Gasteiger partial charge in [-0.1, -0.05) is 32.1 Å². The molecule has 0 aromatic carbocycles. The van der Waals surface area contributed by atoms with Crippen LogP contribution in [-0.4, -0.2) is 41.6 Å². The number of urea groups is 1. The molecule has 1 unspecified atom stereocenters. The van der Waals surface area contributed by atoms with Crippen LogP contribution in [0, 0.1) is 11.8 Å². The highest BCUT2D eigenvalue weighted by Crippen LogP contribution is 2.25. The number of likely N-dealkylation sites (tertiary alicyclic amines) is 1. The Hall–Kier alpha value is -1.26. The minimum Gasteiger partial charge on any atom is -0.481 e. The van der Waals surface area contributed by atoms with Gasteiger partial charge in [-0.05, 0) is 25.2 Å². The van der Waals surface area contributed by atoms with Gasteiger partial charge in [0, 0.05) is 19.6 Å². The topological polar surface area (TPSA) is 69.6 Å². The maximum atomic E-state index is 12.0. The van der Waals surface area contributed by atoms with Crippen LogP contribution in [0.15, 0.2) is 0 Å². The van der Waals surface area contributed by atoms with Crippen molar-refractivity contribution in [3.63, 3.8) is 0 Å². The maximum Gasteiger partial charge on any atom is 0.317 e. The Balaban J connectivity index is 1.67. The molecule has 5 nitrogen and oxygen atoms in total. The quantitative estimate of drug-likeness (QED) is 0.832. The van der Waals surface area contributed by atoms with E-state index in [1.165, 1.54) is 32.1 Å².